The van der Waals surface area contributed by atoms with Crippen molar-refractivity contribution in [3.05, 3.63) is 27.7 Å². The molecule has 3 nitrogen and oxygen atoms in total. The van der Waals surface area contributed by atoms with Gasteiger partial charge in [-0.3, -0.25) is 0 Å². The zero-order valence-corrected chi connectivity index (χ0v) is 14.9. The Labute approximate surface area is 127 Å². The van der Waals surface area contributed by atoms with E-state index in [1.807, 2.05) is 0 Å². The van der Waals surface area contributed by atoms with Gasteiger partial charge in [0, 0.05) is 11.5 Å². The second kappa shape index (κ2) is 4.73. The highest BCUT2D eigenvalue weighted by Crippen LogP contribution is 2.35. The van der Waals surface area contributed by atoms with E-state index in [1.165, 1.54) is 17.0 Å². The summed E-state index contributed by atoms with van der Waals surface area (Å²) in [6, 6.07) is 4.66. The molecule has 0 aliphatic carbocycles. The van der Waals surface area contributed by atoms with Crippen molar-refractivity contribution in [2.24, 2.45) is 0 Å². The maximum absolute atomic E-state index is 13.4. The van der Waals surface area contributed by atoms with E-state index in [-0.39, 0.29) is 10.9 Å². The molecular formula is C13H18FIN2OSi. The predicted octanol–water partition coefficient (Wildman–Crippen LogP) is 4.21. The minimum absolute atomic E-state index is 0.0734. The highest BCUT2D eigenvalue weighted by Gasteiger charge is 2.40. The van der Waals surface area contributed by atoms with Crippen LogP contribution in [0.2, 0.25) is 18.1 Å². The number of hydrogen-bond acceptors (Lipinski definition) is 2. The molecule has 1 aromatic heterocycles. The molecule has 0 saturated carbocycles. The lowest BCUT2D eigenvalue weighted by Crippen LogP contribution is -2.48. The molecule has 0 saturated heterocycles. The van der Waals surface area contributed by atoms with E-state index < -0.39 is 8.32 Å². The number of nitrogens with zero attached hydrogens (tertiary/aromatic N) is 2. The van der Waals surface area contributed by atoms with Crippen LogP contribution in [0.4, 0.5) is 4.39 Å². The normalized spacial score (nSPS) is 13.0. The van der Waals surface area contributed by atoms with Crippen LogP contribution in [0.3, 0.4) is 0 Å². The van der Waals surface area contributed by atoms with Crippen LogP contribution in [0, 0.1) is 9.52 Å². The van der Waals surface area contributed by atoms with Crippen molar-refractivity contribution in [1.82, 2.24) is 9.94 Å². The molecule has 19 heavy (non-hydrogen) atoms. The van der Waals surface area contributed by atoms with Gasteiger partial charge in [-0.15, -0.1) is 9.94 Å². The van der Waals surface area contributed by atoms with Gasteiger partial charge in [0.25, 0.3) is 8.32 Å². The molecule has 6 heteroatoms. The summed E-state index contributed by atoms with van der Waals surface area (Å²) in [5, 5.41) is 5.37. The van der Waals surface area contributed by atoms with Crippen molar-refractivity contribution in [3.8, 4) is 0 Å². The average Bonchev–Trinajstić information content (AvgIpc) is 2.53. The van der Waals surface area contributed by atoms with Crippen LogP contribution in [0.15, 0.2) is 18.2 Å². The highest BCUT2D eigenvalue weighted by atomic mass is 127. The van der Waals surface area contributed by atoms with Gasteiger partial charge < -0.3 is 4.53 Å². The van der Waals surface area contributed by atoms with Crippen LogP contribution in [0.25, 0.3) is 10.9 Å². The number of benzene rings is 1. The highest BCUT2D eigenvalue weighted by molar-refractivity contribution is 14.1. The van der Waals surface area contributed by atoms with Gasteiger partial charge in [0.1, 0.15) is 15.0 Å². The van der Waals surface area contributed by atoms with Crippen LogP contribution in [0.5, 0.6) is 0 Å². The Morgan fingerprint density at radius 1 is 1.32 bits per heavy atom. The van der Waals surface area contributed by atoms with Gasteiger partial charge in [-0.25, -0.2) is 4.39 Å². The van der Waals surface area contributed by atoms with E-state index in [1.54, 1.807) is 6.07 Å². The van der Waals surface area contributed by atoms with Gasteiger partial charge in [-0.2, -0.15) is 0 Å². The lowest BCUT2D eigenvalue weighted by molar-refractivity contribution is 0.222. The van der Waals surface area contributed by atoms with E-state index in [0.717, 1.165) is 9.09 Å². The van der Waals surface area contributed by atoms with Crippen molar-refractivity contribution in [1.29, 1.82) is 0 Å². The Bertz CT molecular complexity index is 619. The van der Waals surface area contributed by atoms with Crippen molar-refractivity contribution >= 4 is 41.8 Å². The second-order valence-corrected chi connectivity index (χ2v) is 11.9. The minimum atomic E-state index is -1.99. The lowest BCUT2D eigenvalue weighted by atomic mass is 10.2. The average molecular weight is 392 g/mol. The fraction of sp³-hybridized carbons (Fsp3) is 0.462. The van der Waals surface area contributed by atoms with Crippen LogP contribution in [-0.4, -0.2) is 18.3 Å². The van der Waals surface area contributed by atoms with Gasteiger partial charge in [0.15, 0.2) is 0 Å². The van der Waals surface area contributed by atoms with Crippen molar-refractivity contribution in [2.45, 2.75) is 38.9 Å². The second-order valence-electron chi connectivity index (χ2n) is 6.18. The Balaban J connectivity index is 2.49. The SMILES string of the molecule is CC(C)(C)[Si](C)(C)On1nc(I)c2ccc(F)cc21. The molecule has 0 N–H and O–H groups in total. The van der Waals surface area contributed by atoms with Crippen LogP contribution < -0.4 is 4.53 Å². The molecule has 0 radical (unpaired) electrons. The van der Waals surface area contributed by atoms with Crippen LogP contribution in [0.1, 0.15) is 20.8 Å². The Hall–Kier alpha value is -0.633. The van der Waals surface area contributed by atoms with Crippen LogP contribution in [-0.2, 0) is 0 Å². The van der Waals surface area contributed by atoms with Gasteiger partial charge in [0.2, 0.25) is 0 Å². The monoisotopic (exact) mass is 392 g/mol. The fourth-order valence-corrected chi connectivity index (χ4v) is 2.95. The molecule has 0 amide bonds. The molecule has 104 valence electrons. The molecule has 2 aromatic rings. The molecule has 0 atom stereocenters. The first-order chi connectivity index (χ1) is 8.62. The summed E-state index contributed by atoms with van der Waals surface area (Å²) in [6.45, 7) is 10.8. The molecule has 0 spiro atoms. The number of rotatable bonds is 2. The summed E-state index contributed by atoms with van der Waals surface area (Å²) in [4.78, 5) is 1.50. The Morgan fingerprint density at radius 3 is 2.53 bits per heavy atom. The smallest absolute Gasteiger partial charge is 0.286 e. The maximum Gasteiger partial charge on any atom is 0.286 e. The van der Waals surface area contributed by atoms with E-state index in [4.69, 9.17) is 4.53 Å². The maximum atomic E-state index is 13.4. The standard InChI is InChI=1S/C13H18FIN2OSi/c1-13(2,3)19(4,5)18-17-11-8-9(14)6-7-10(11)12(15)16-17/h6-8H,1-5H3. The summed E-state index contributed by atoms with van der Waals surface area (Å²) in [7, 11) is -1.99. The van der Waals surface area contributed by atoms with Gasteiger partial charge in [-0.05, 0) is 52.9 Å². The molecule has 2 rings (SSSR count). The van der Waals surface area contributed by atoms with Crippen LogP contribution >= 0.6 is 22.6 Å². The van der Waals surface area contributed by atoms with E-state index in [0.29, 0.717) is 5.52 Å². The molecule has 1 heterocycles. The number of fused-ring (bicyclic) bond motifs is 1. The van der Waals surface area contributed by atoms with Crippen molar-refractivity contribution < 1.29 is 8.92 Å². The number of aromatic nitrogens is 2. The largest absolute Gasteiger partial charge is 0.455 e. The fourth-order valence-electron chi connectivity index (χ4n) is 1.45. The van der Waals surface area contributed by atoms with E-state index in [2.05, 4.69) is 61.6 Å². The van der Waals surface area contributed by atoms with E-state index >= 15 is 0 Å². The van der Waals surface area contributed by atoms with Gasteiger partial charge in [0.05, 0.1) is 0 Å². The molecule has 1 aromatic carbocycles. The van der Waals surface area contributed by atoms with Gasteiger partial charge in [-0.1, -0.05) is 20.8 Å². The van der Waals surface area contributed by atoms with Gasteiger partial charge >= 0.3 is 0 Å². The third-order valence-corrected chi connectivity index (χ3v) is 8.73. The zero-order valence-electron chi connectivity index (χ0n) is 11.8. The first-order valence-corrected chi connectivity index (χ1v) is 10.1. The third-order valence-electron chi connectivity index (χ3n) is 3.69. The first-order valence-electron chi connectivity index (χ1n) is 6.15. The molecule has 0 fully saturated rings. The molecule has 0 aliphatic rings. The Kier molecular flexibility index (Phi) is 3.68. The summed E-state index contributed by atoms with van der Waals surface area (Å²) in [5.41, 5.74) is 0.689. The number of hydrogen-bond donors (Lipinski definition) is 0. The molecular weight excluding hydrogens is 374 g/mol. The summed E-state index contributed by atoms with van der Waals surface area (Å²) in [6.07, 6.45) is 0. The third kappa shape index (κ3) is 2.79. The van der Waals surface area contributed by atoms with Crippen molar-refractivity contribution in [3.63, 3.8) is 0 Å². The Morgan fingerprint density at radius 2 is 1.95 bits per heavy atom. The predicted molar refractivity (Wildman–Crippen MR) is 86.2 cm³/mol. The van der Waals surface area contributed by atoms with Crippen molar-refractivity contribution in [2.75, 3.05) is 0 Å². The lowest BCUT2D eigenvalue weighted by Gasteiger charge is -2.35. The van der Waals surface area contributed by atoms with E-state index in [9.17, 15) is 4.39 Å². The minimum Gasteiger partial charge on any atom is -0.455 e. The topological polar surface area (TPSA) is 27.1 Å². The molecule has 0 unspecified atom stereocenters. The molecule has 0 bridgehead atoms. The number of halogens is 2. The zero-order chi connectivity index (χ0) is 14.4. The first kappa shape index (κ1) is 14.8. The molecule has 0 aliphatic heterocycles. The summed E-state index contributed by atoms with van der Waals surface area (Å²) in [5.74, 6) is -0.274. The summed E-state index contributed by atoms with van der Waals surface area (Å²) >= 11 is 2.14. The quantitative estimate of drug-likeness (QED) is 0.566. The summed E-state index contributed by atoms with van der Waals surface area (Å²) < 4.78 is 20.4.